The summed E-state index contributed by atoms with van der Waals surface area (Å²) in [4.78, 5) is 12.4. The highest BCUT2D eigenvalue weighted by Crippen LogP contribution is 2.22. The molecule has 0 saturated heterocycles. The molecular formula is C12H14F5N3O. The van der Waals surface area contributed by atoms with E-state index in [9.17, 15) is 26.7 Å². The topological polar surface area (TPSA) is 58.4 Å². The molecule has 0 atom stereocenters. The summed E-state index contributed by atoms with van der Waals surface area (Å²) < 4.78 is 64.2. The van der Waals surface area contributed by atoms with Gasteiger partial charge in [-0.2, -0.15) is 13.2 Å². The summed E-state index contributed by atoms with van der Waals surface area (Å²) in [5.41, 5.74) is 0.592. The average Bonchev–Trinajstić information content (AvgIpc) is 2.35. The predicted octanol–water partition coefficient (Wildman–Crippen LogP) is 2.66. The highest BCUT2D eigenvalue weighted by Gasteiger charge is 2.33. The molecule has 0 fully saturated rings. The van der Waals surface area contributed by atoms with Gasteiger partial charge in [0.25, 0.3) is 5.91 Å². The number of halogens is 5. The second-order valence-electron chi connectivity index (χ2n) is 4.30. The second-order valence-corrected chi connectivity index (χ2v) is 4.30. The molecule has 0 aliphatic carbocycles. The first-order valence-corrected chi connectivity index (χ1v) is 6.01. The van der Waals surface area contributed by atoms with Crippen molar-refractivity contribution in [2.24, 2.45) is 5.84 Å². The quantitative estimate of drug-likeness (QED) is 0.499. The number of amides is 1. The van der Waals surface area contributed by atoms with Gasteiger partial charge in [0.05, 0.1) is 0 Å². The lowest BCUT2D eigenvalue weighted by Gasteiger charge is -2.23. The normalized spacial score (nSPS) is 11.4. The van der Waals surface area contributed by atoms with Crippen molar-refractivity contribution < 1.29 is 26.7 Å². The highest BCUT2D eigenvalue weighted by atomic mass is 19.4. The molecule has 3 N–H and O–H groups in total. The Morgan fingerprint density at radius 2 is 1.81 bits per heavy atom. The minimum Gasteiger partial charge on any atom is -0.330 e. The molecule has 0 radical (unpaired) electrons. The SMILES string of the molecule is CCCN(CC(F)(F)F)C(=O)c1cc(F)c(NN)c(F)c1. The zero-order valence-corrected chi connectivity index (χ0v) is 11.1. The first-order chi connectivity index (χ1) is 9.69. The molecule has 118 valence electrons. The molecule has 21 heavy (non-hydrogen) atoms. The van der Waals surface area contributed by atoms with Gasteiger partial charge in [0.15, 0.2) is 11.6 Å². The zero-order chi connectivity index (χ0) is 16.2. The summed E-state index contributed by atoms with van der Waals surface area (Å²) >= 11 is 0. The van der Waals surface area contributed by atoms with Crippen LogP contribution >= 0.6 is 0 Å². The van der Waals surface area contributed by atoms with Crippen LogP contribution in [0.2, 0.25) is 0 Å². The Morgan fingerprint density at radius 3 is 2.19 bits per heavy atom. The number of hydrogen-bond acceptors (Lipinski definition) is 3. The van der Waals surface area contributed by atoms with Gasteiger partial charge in [-0.05, 0) is 18.6 Å². The third kappa shape index (κ3) is 4.55. The van der Waals surface area contributed by atoms with Gasteiger partial charge >= 0.3 is 6.18 Å². The van der Waals surface area contributed by atoms with Gasteiger partial charge in [-0.1, -0.05) is 6.92 Å². The molecule has 0 aliphatic rings. The Kier molecular flexibility index (Phi) is 5.47. The summed E-state index contributed by atoms with van der Waals surface area (Å²) in [5.74, 6) is 1.47. The highest BCUT2D eigenvalue weighted by molar-refractivity contribution is 5.94. The second kappa shape index (κ2) is 6.70. The van der Waals surface area contributed by atoms with Crippen molar-refractivity contribution in [1.29, 1.82) is 0 Å². The number of benzene rings is 1. The van der Waals surface area contributed by atoms with Crippen LogP contribution in [0.5, 0.6) is 0 Å². The van der Waals surface area contributed by atoms with Gasteiger partial charge in [-0.3, -0.25) is 10.6 Å². The number of hydrogen-bond donors (Lipinski definition) is 2. The van der Waals surface area contributed by atoms with Crippen LogP contribution in [-0.4, -0.2) is 30.1 Å². The lowest BCUT2D eigenvalue weighted by atomic mass is 10.1. The maximum Gasteiger partial charge on any atom is 0.406 e. The van der Waals surface area contributed by atoms with Crippen LogP contribution in [0.3, 0.4) is 0 Å². The minimum atomic E-state index is -4.60. The van der Waals surface area contributed by atoms with Gasteiger partial charge in [0.2, 0.25) is 0 Å². The predicted molar refractivity (Wildman–Crippen MR) is 66.4 cm³/mol. The number of nitrogens with two attached hydrogens (primary N) is 1. The van der Waals surface area contributed by atoms with E-state index in [4.69, 9.17) is 5.84 Å². The van der Waals surface area contributed by atoms with Gasteiger partial charge in [-0.25, -0.2) is 8.78 Å². The first kappa shape index (κ1) is 17.2. The van der Waals surface area contributed by atoms with Crippen LogP contribution in [0.15, 0.2) is 12.1 Å². The largest absolute Gasteiger partial charge is 0.406 e. The van der Waals surface area contributed by atoms with Gasteiger partial charge in [0, 0.05) is 12.1 Å². The fourth-order valence-corrected chi connectivity index (χ4v) is 1.76. The number of hydrazine groups is 1. The van der Waals surface area contributed by atoms with Crippen LogP contribution in [0.25, 0.3) is 0 Å². The summed E-state index contributed by atoms with van der Waals surface area (Å²) in [6.07, 6.45) is -4.32. The third-order valence-corrected chi connectivity index (χ3v) is 2.58. The van der Waals surface area contributed by atoms with E-state index in [0.29, 0.717) is 17.0 Å². The van der Waals surface area contributed by atoms with Crippen LogP contribution < -0.4 is 11.3 Å². The van der Waals surface area contributed by atoms with Crippen molar-refractivity contribution in [2.75, 3.05) is 18.5 Å². The third-order valence-electron chi connectivity index (χ3n) is 2.58. The van der Waals surface area contributed by atoms with E-state index >= 15 is 0 Å². The molecule has 0 heterocycles. The lowest BCUT2D eigenvalue weighted by Crippen LogP contribution is -2.39. The minimum absolute atomic E-state index is 0.182. The number of nitrogen functional groups attached to an aromatic ring is 1. The molecular weight excluding hydrogens is 297 g/mol. The van der Waals surface area contributed by atoms with Gasteiger partial charge < -0.3 is 10.3 Å². The number of anilines is 1. The standard InChI is InChI=1S/C12H14F5N3O/c1-2-3-20(6-12(15,16)17)11(21)7-4-8(13)10(19-18)9(14)5-7/h4-5,19H,2-3,6,18H2,1H3. The van der Waals surface area contributed by atoms with Crippen LogP contribution in [0.4, 0.5) is 27.6 Å². The van der Waals surface area contributed by atoms with Crippen LogP contribution in [-0.2, 0) is 0 Å². The van der Waals surface area contributed by atoms with Crippen LogP contribution in [0, 0.1) is 11.6 Å². The Labute approximate surface area is 117 Å². The smallest absolute Gasteiger partial charge is 0.330 e. The Hall–Kier alpha value is -1.90. The van der Waals surface area contributed by atoms with Crippen molar-refractivity contribution in [1.82, 2.24) is 4.90 Å². The van der Waals surface area contributed by atoms with E-state index in [1.54, 1.807) is 12.3 Å². The number of rotatable bonds is 5. The monoisotopic (exact) mass is 311 g/mol. The molecule has 1 aromatic carbocycles. The molecule has 1 aromatic rings. The van der Waals surface area contributed by atoms with Crippen molar-refractivity contribution >= 4 is 11.6 Å². The van der Waals surface area contributed by atoms with Gasteiger partial charge in [-0.15, -0.1) is 0 Å². The Balaban J connectivity index is 3.09. The number of alkyl halides is 3. The summed E-state index contributed by atoms with van der Waals surface area (Å²) in [6.45, 7) is -0.0858. The number of nitrogens with one attached hydrogen (secondary N) is 1. The van der Waals surface area contributed by atoms with E-state index in [-0.39, 0.29) is 13.0 Å². The number of carbonyl (C=O) groups excluding carboxylic acids is 1. The fourth-order valence-electron chi connectivity index (χ4n) is 1.76. The summed E-state index contributed by atoms with van der Waals surface area (Å²) in [5, 5.41) is 0. The maximum atomic E-state index is 13.5. The molecule has 0 unspecified atom stereocenters. The van der Waals surface area contributed by atoms with Crippen molar-refractivity contribution in [3.63, 3.8) is 0 Å². The molecule has 0 spiro atoms. The maximum absolute atomic E-state index is 13.5. The zero-order valence-electron chi connectivity index (χ0n) is 11.1. The van der Waals surface area contributed by atoms with E-state index in [1.165, 1.54) is 0 Å². The molecule has 1 amide bonds. The van der Waals surface area contributed by atoms with E-state index in [2.05, 4.69) is 0 Å². The molecule has 0 bridgehead atoms. The van der Waals surface area contributed by atoms with Crippen molar-refractivity contribution in [2.45, 2.75) is 19.5 Å². The van der Waals surface area contributed by atoms with E-state index in [0.717, 1.165) is 0 Å². The van der Waals surface area contributed by atoms with Crippen molar-refractivity contribution in [3.05, 3.63) is 29.3 Å². The fraction of sp³-hybridized carbons (Fsp3) is 0.417. The molecule has 0 aliphatic heterocycles. The molecule has 0 saturated carbocycles. The molecule has 1 rings (SSSR count). The Bertz CT molecular complexity index is 495. The van der Waals surface area contributed by atoms with E-state index in [1.807, 2.05) is 0 Å². The molecule has 9 heteroatoms. The molecule has 0 aromatic heterocycles. The number of carbonyl (C=O) groups is 1. The molecule has 4 nitrogen and oxygen atoms in total. The number of nitrogens with zero attached hydrogens (tertiary/aromatic N) is 1. The average molecular weight is 311 g/mol. The van der Waals surface area contributed by atoms with Gasteiger partial charge in [0.1, 0.15) is 12.2 Å². The van der Waals surface area contributed by atoms with E-state index < -0.39 is 41.5 Å². The van der Waals surface area contributed by atoms with Crippen LogP contribution in [0.1, 0.15) is 23.7 Å². The summed E-state index contributed by atoms with van der Waals surface area (Å²) in [7, 11) is 0. The Morgan fingerprint density at radius 1 is 1.29 bits per heavy atom. The first-order valence-electron chi connectivity index (χ1n) is 6.01. The van der Waals surface area contributed by atoms with Crippen molar-refractivity contribution in [3.8, 4) is 0 Å². The lowest BCUT2D eigenvalue weighted by molar-refractivity contribution is -0.140. The summed E-state index contributed by atoms with van der Waals surface area (Å²) in [6, 6.07) is 1.28.